The number of amides is 4. The molecule has 4 N–H and O–H groups in total. The third-order valence-electron chi connectivity index (χ3n) is 9.79. The summed E-state index contributed by atoms with van der Waals surface area (Å²) in [5.74, 6) is -2.42. The topological polar surface area (TPSA) is 211 Å². The number of hydrogen-bond donors (Lipinski definition) is 4. The van der Waals surface area contributed by atoms with Crippen LogP contribution in [-0.2, 0) is 29.3 Å². The molecule has 1 aliphatic carbocycles. The summed E-state index contributed by atoms with van der Waals surface area (Å²) < 4.78 is 42.4. The number of thiophene rings is 1. The second-order valence-corrected chi connectivity index (χ2v) is 18.5. The van der Waals surface area contributed by atoms with Crippen LogP contribution in [-0.4, -0.2) is 88.0 Å². The van der Waals surface area contributed by atoms with Gasteiger partial charge in [-0.1, -0.05) is 43.2 Å². The first-order valence-corrected chi connectivity index (χ1v) is 21.9. The number of fused-ring (bicyclic) bond motifs is 3. The molecule has 57 heavy (non-hydrogen) atoms. The lowest BCUT2D eigenvalue weighted by Gasteiger charge is -2.30. The predicted octanol–water partition coefficient (Wildman–Crippen LogP) is 4.92. The fourth-order valence-corrected chi connectivity index (χ4v) is 9.40. The van der Waals surface area contributed by atoms with E-state index in [1.54, 1.807) is 26.2 Å². The summed E-state index contributed by atoms with van der Waals surface area (Å²) in [6.45, 7) is 5.10. The number of nitrogens with zero attached hydrogens (tertiary/aromatic N) is 4. The zero-order valence-electron chi connectivity index (χ0n) is 31.6. The summed E-state index contributed by atoms with van der Waals surface area (Å²) in [7, 11) is -4.41. The van der Waals surface area contributed by atoms with Crippen molar-refractivity contribution in [2.75, 3.05) is 11.3 Å². The van der Waals surface area contributed by atoms with Gasteiger partial charge in [-0.2, -0.15) is 8.42 Å². The van der Waals surface area contributed by atoms with Gasteiger partial charge in [0.1, 0.15) is 35.0 Å². The molecule has 19 heteroatoms. The minimum atomic E-state index is -4.41. The van der Waals surface area contributed by atoms with E-state index in [4.69, 9.17) is 19.4 Å². The predicted molar refractivity (Wildman–Crippen MR) is 215 cm³/mol. The van der Waals surface area contributed by atoms with Gasteiger partial charge in [-0.3, -0.25) is 14.4 Å². The Morgan fingerprint density at radius 2 is 1.81 bits per heavy atom. The highest BCUT2D eigenvalue weighted by molar-refractivity contribution is 7.91. The van der Waals surface area contributed by atoms with Crippen LogP contribution in [0.4, 0.5) is 9.93 Å². The zero-order valence-corrected chi connectivity index (χ0v) is 34.0. The Hall–Kier alpha value is -5.14. The summed E-state index contributed by atoms with van der Waals surface area (Å²) in [4.78, 5) is 71.8. The maximum absolute atomic E-state index is 14.6. The minimum absolute atomic E-state index is 0.00275. The van der Waals surface area contributed by atoms with Crippen LogP contribution in [0.2, 0.25) is 0 Å². The van der Waals surface area contributed by atoms with Crippen LogP contribution in [0.1, 0.15) is 65.7 Å². The quantitative estimate of drug-likeness (QED) is 0.175. The molecule has 2 aliphatic heterocycles. The van der Waals surface area contributed by atoms with Crippen molar-refractivity contribution in [3.63, 3.8) is 0 Å². The molecule has 4 amide bonds. The molecule has 0 radical (unpaired) electrons. The van der Waals surface area contributed by atoms with Gasteiger partial charge in [-0.25, -0.2) is 29.2 Å². The largest absolute Gasteiger partial charge is 0.471 e. The van der Waals surface area contributed by atoms with E-state index >= 15 is 0 Å². The number of anilines is 1. The number of carbonyl (C=O) groups excluding carboxylic acids is 4. The number of alkyl carbamates (subject to hydrolysis) is 1. The number of nitrogens with one attached hydrogen (secondary N) is 4. The molecule has 302 valence electrons. The molecule has 0 bridgehead atoms. The van der Waals surface area contributed by atoms with Crippen LogP contribution >= 0.6 is 22.7 Å². The van der Waals surface area contributed by atoms with Gasteiger partial charge >= 0.3 is 16.3 Å². The lowest BCUT2D eigenvalue weighted by atomic mass is 10.0. The Balaban J connectivity index is 1.21. The Morgan fingerprint density at radius 1 is 1.02 bits per heavy atom. The average Bonchev–Trinajstić information content (AvgIpc) is 3.63. The van der Waals surface area contributed by atoms with E-state index in [0.717, 1.165) is 29.1 Å². The van der Waals surface area contributed by atoms with Gasteiger partial charge in [0.05, 0.1) is 22.5 Å². The molecule has 5 heterocycles. The van der Waals surface area contributed by atoms with Crippen molar-refractivity contribution in [1.82, 2.24) is 35.2 Å². The molecule has 1 saturated carbocycles. The smallest absolute Gasteiger partial charge is 0.408 e. The molecule has 5 atom stereocenters. The minimum Gasteiger partial charge on any atom is -0.471 e. The number of benzene rings is 1. The number of allylic oxidation sites excluding steroid dienone is 1. The highest BCUT2D eigenvalue weighted by atomic mass is 32.2. The second kappa shape index (κ2) is 16.4. The molecule has 3 aromatic heterocycles. The number of hydrogen-bond acceptors (Lipinski definition) is 13. The highest BCUT2D eigenvalue weighted by Gasteiger charge is 2.61. The Morgan fingerprint density at radius 3 is 2.53 bits per heavy atom. The van der Waals surface area contributed by atoms with Crippen molar-refractivity contribution in [3.05, 3.63) is 65.5 Å². The van der Waals surface area contributed by atoms with E-state index in [1.807, 2.05) is 53.9 Å². The summed E-state index contributed by atoms with van der Waals surface area (Å²) in [5.41, 5.74) is -0.684. The van der Waals surface area contributed by atoms with Crippen molar-refractivity contribution in [2.24, 2.45) is 5.92 Å². The first-order chi connectivity index (χ1) is 27.2. The maximum atomic E-state index is 14.6. The Bertz CT molecular complexity index is 2260. The fraction of sp³-hybridized carbons (Fsp3) is 0.447. The van der Waals surface area contributed by atoms with Crippen LogP contribution < -0.4 is 24.8 Å². The molecule has 4 aromatic rings. The third-order valence-corrected chi connectivity index (χ3v) is 12.4. The number of carbonyl (C=O) groups is 4. The van der Waals surface area contributed by atoms with Crippen molar-refractivity contribution < 1.29 is 37.1 Å². The number of rotatable bonds is 8. The molecule has 1 aromatic carbocycles. The monoisotopic (exact) mass is 836 g/mol. The lowest BCUT2D eigenvalue weighted by molar-refractivity contribution is -0.141. The number of aromatic nitrogens is 3. The summed E-state index contributed by atoms with van der Waals surface area (Å²) >= 11 is 2.50. The second-order valence-electron chi connectivity index (χ2n) is 15.2. The van der Waals surface area contributed by atoms with E-state index in [0.29, 0.717) is 29.6 Å². The molecular weight excluding hydrogens is 793 g/mol. The molecule has 3 aliphatic rings. The van der Waals surface area contributed by atoms with Gasteiger partial charge in [0.15, 0.2) is 5.13 Å². The molecule has 0 spiro atoms. The molecule has 1 saturated heterocycles. The van der Waals surface area contributed by atoms with E-state index < -0.39 is 69.3 Å². The molecule has 16 nitrogen and oxygen atoms in total. The van der Waals surface area contributed by atoms with E-state index in [1.165, 1.54) is 22.4 Å². The van der Waals surface area contributed by atoms with E-state index in [2.05, 4.69) is 25.1 Å². The highest BCUT2D eigenvalue weighted by Crippen LogP contribution is 2.46. The van der Waals surface area contributed by atoms with Crippen molar-refractivity contribution in [1.29, 1.82) is 0 Å². The molecule has 7 rings (SSSR count). The molecular formula is C38H44N8O8S3. The van der Waals surface area contributed by atoms with Gasteiger partial charge in [-0.15, -0.1) is 22.7 Å². The Kier molecular flexibility index (Phi) is 11.5. The molecule has 2 fully saturated rings. The summed E-state index contributed by atoms with van der Waals surface area (Å²) in [6, 6.07) is 8.95. The van der Waals surface area contributed by atoms with Gasteiger partial charge in [0, 0.05) is 23.9 Å². The SMILES string of the molecule is CC(C)(C)OC(=O)N[C@H]1CCCCC/C=C\C2C[C@@]2(C(=O)NS(=O)(=O)Nc2nccs2)NC(=O)[C@@H]2C[C@@H](Oc3nc4ccccc4nc3-c3cccs3)CN2C1=O. The van der Waals surface area contributed by atoms with Crippen LogP contribution in [0, 0.1) is 5.92 Å². The number of thiazole rings is 1. The first-order valence-electron chi connectivity index (χ1n) is 18.7. The van der Waals surface area contributed by atoms with Crippen LogP contribution in [0.25, 0.3) is 21.6 Å². The summed E-state index contributed by atoms with van der Waals surface area (Å²) in [6.07, 6.45) is 6.78. The normalized spacial score (nSPS) is 24.9. The van der Waals surface area contributed by atoms with Gasteiger partial charge in [-0.05, 0) is 70.0 Å². The lowest BCUT2D eigenvalue weighted by Crippen LogP contribution is -2.58. The van der Waals surface area contributed by atoms with Crippen molar-refractivity contribution in [3.8, 4) is 16.5 Å². The van der Waals surface area contributed by atoms with E-state index in [-0.39, 0.29) is 36.8 Å². The van der Waals surface area contributed by atoms with E-state index in [9.17, 15) is 27.6 Å². The maximum Gasteiger partial charge on any atom is 0.408 e. The average molecular weight is 837 g/mol. The summed E-state index contributed by atoms with van der Waals surface area (Å²) in [5, 5.41) is 9.14. The first kappa shape index (κ1) is 40.1. The standard InChI is InChI=1S/C38H44N8O8S3/c1-37(2,3)54-36(50)42-27-15-8-6-4-5-7-12-23-21-38(23,34(49)44-57(51,52)45-35-39-17-19-56-35)43-31(47)28-20-24(22-46(28)33(27)48)53-32-30(29-16-11-18-55-29)40-25-13-9-10-14-26(25)41-32/h7,9-14,16-19,23-24,27-28H,4-6,8,15,20-22H2,1-3H3,(H,39,45)(H,42,50)(H,43,47)(H,44,49)/b12-7-/t23?,24-,27+,28+,38-/m1/s1. The molecule has 1 unspecified atom stereocenters. The number of para-hydroxylation sites is 2. The van der Waals surface area contributed by atoms with Crippen LogP contribution in [0.5, 0.6) is 5.88 Å². The van der Waals surface area contributed by atoms with Crippen LogP contribution in [0.15, 0.2) is 65.5 Å². The van der Waals surface area contributed by atoms with Crippen molar-refractivity contribution in [2.45, 2.75) is 95.0 Å². The van der Waals surface area contributed by atoms with Crippen molar-refractivity contribution >= 4 is 72.9 Å². The van der Waals surface area contributed by atoms with Crippen LogP contribution in [0.3, 0.4) is 0 Å². The van der Waals surface area contributed by atoms with Gasteiger partial charge in [0.2, 0.25) is 17.7 Å². The third kappa shape index (κ3) is 9.53. The fourth-order valence-electron chi connectivity index (χ4n) is 7.04. The Labute approximate surface area is 338 Å². The van der Waals surface area contributed by atoms with Gasteiger partial charge in [0.25, 0.3) is 5.91 Å². The zero-order chi connectivity index (χ0) is 40.4. The van der Waals surface area contributed by atoms with Gasteiger partial charge < -0.3 is 25.0 Å². The number of ether oxygens (including phenoxy) is 2.